The number of carboxylic acid groups (broad SMARTS) is 1. The normalized spacial score (nSPS) is 53.2. The molecule has 13 nitrogen and oxygen atoms in total. The molecule has 5 aliphatic carbocycles. The van der Waals surface area contributed by atoms with Gasteiger partial charge in [-0.25, -0.2) is 0 Å². The van der Waals surface area contributed by atoms with Crippen LogP contribution in [0.5, 0.6) is 0 Å². The first-order valence-electron chi connectivity index (χ1n) is 20.8. The van der Waals surface area contributed by atoms with Gasteiger partial charge in [-0.1, -0.05) is 60.1 Å². The van der Waals surface area contributed by atoms with E-state index in [2.05, 4.69) is 54.5 Å². The molecule has 0 spiro atoms. The lowest BCUT2D eigenvalue weighted by molar-refractivity contribution is -0.368. The van der Waals surface area contributed by atoms with Crippen molar-refractivity contribution in [3.05, 3.63) is 11.6 Å². The van der Waals surface area contributed by atoms with E-state index in [1.54, 1.807) is 0 Å². The first kappa shape index (κ1) is 41.9. The Morgan fingerprint density at radius 2 is 1.35 bits per heavy atom. The van der Waals surface area contributed by atoms with E-state index >= 15 is 0 Å². The number of fused-ring (bicyclic) bond motifs is 7. The van der Waals surface area contributed by atoms with Gasteiger partial charge >= 0.3 is 5.97 Å². The van der Waals surface area contributed by atoms with Crippen LogP contribution >= 0.6 is 0 Å². The van der Waals surface area contributed by atoms with Crippen LogP contribution in [-0.2, 0) is 23.7 Å². The van der Waals surface area contributed by atoms with Gasteiger partial charge in [0.2, 0.25) is 0 Å². The summed E-state index contributed by atoms with van der Waals surface area (Å²) in [6, 6.07) is 0. The first-order valence-corrected chi connectivity index (χ1v) is 20.8. The smallest absolute Gasteiger partial charge is 0.310 e. The fourth-order valence-electron chi connectivity index (χ4n) is 13.7. The summed E-state index contributed by atoms with van der Waals surface area (Å²) in [4.78, 5) is 13.0. The van der Waals surface area contributed by atoms with E-state index in [9.17, 15) is 45.6 Å². The first-order chi connectivity index (χ1) is 25.6. The molecule has 314 valence electrons. The van der Waals surface area contributed by atoms with Crippen molar-refractivity contribution in [2.24, 2.45) is 50.2 Å². The van der Waals surface area contributed by atoms with Crippen LogP contribution in [0.25, 0.3) is 0 Å². The number of carbonyl (C=O) groups is 1. The van der Waals surface area contributed by atoms with Crippen molar-refractivity contribution in [2.45, 2.75) is 180 Å². The largest absolute Gasteiger partial charge is 0.481 e. The summed E-state index contributed by atoms with van der Waals surface area (Å²) in [5, 5.41) is 84.2. The van der Waals surface area contributed by atoms with Gasteiger partial charge in [0, 0.05) is 0 Å². The molecule has 0 bridgehead atoms. The van der Waals surface area contributed by atoms with Crippen molar-refractivity contribution in [1.82, 2.24) is 0 Å². The van der Waals surface area contributed by atoms with Gasteiger partial charge < -0.3 is 59.8 Å². The molecule has 0 unspecified atom stereocenters. The summed E-state index contributed by atoms with van der Waals surface area (Å²) in [6.07, 6.45) is -4.17. The Morgan fingerprint density at radius 3 is 2.00 bits per heavy atom. The highest BCUT2D eigenvalue weighted by molar-refractivity contribution is 5.76. The number of ether oxygens (including phenoxy) is 4. The summed E-state index contributed by atoms with van der Waals surface area (Å²) in [7, 11) is 0. The van der Waals surface area contributed by atoms with Gasteiger partial charge in [0.05, 0.1) is 24.7 Å². The third-order valence-electron chi connectivity index (χ3n) is 17.3. The van der Waals surface area contributed by atoms with Crippen LogP contribution in [0.15, 0.2) is 11.6 Å². The number of hydrogen-bond acceptors (Lipinski definition) is 12. The average Bonchev–Trinajstić information content (AvgIpc) is 3.12. The van der Waals surface area contributed by atoms with Crippen molar-refractivity contribution in [3.8, 4) is 0 Å². The maximum Gasteiger partial charge on any atom is 0.310 e. The lowest BCUT2D eigenvalue weighted by Gasteiger charge is -2.71. The molecule has 2 heterocycles. The molecular weight excluding hydrogens is 712 g/mol. The van der Waals surface area contributed by atoms with E-state index in [-0.39, 0.29) is 45.0 Å². The molecule has 0 amide bonds. The predicted molar refractivity (Wildman–Crippen MR) is 198 cm³/mol. The molecule has 6 fully saturated rings. The molecule has 55 heavy (non-hydrogen) atoms. The predicted octanol–water partition coefficient (Wildman–Crippen LogP) is 2.88. The van der Waals surface area contributed by atoms with Gasteiger partial charge in [-0.05, 0) is 109 Å². The highest BCUT2D eigenvalue weighted by atomic mass is 16.7. The molecule has 8 N–H and O–H groups in total. The molecule has 18 atom stereocenters. The Morgan fingerprint density at radius 1 is 0.727 bits per heavy atom. The molecule has 13 heteroatoms. The zero-order chi connectivity index (χ0) is 40.3. The van der Waals surface area contributed by atoms with Crippen molar-refractivity contribution < 1.29 is 64.6 Å². The Hall–Kier alpha value is -1.23. The van der Waals surface area contributed by atoms with Crippen LogP contribution in [0.2, 0.25) is 0 Å². The summed E-state index contributed by atoms with van der Waals surface area (Å²) < 4.78 is 23.9. The minimum Gasteiger partial charge on any atom is -0.481 e. The summed E-state index contributed by atoms with van der Waals surface area (Å²) in [6.45, 7) is 15.1. The van der Waals surface area contributed by atoms with E-state index in [1.807, 2.05) is 0 Å². The van der Waals surface area contributed by atoms with Crippen LogP contribution in [0.4, 0.5) is 0 Å². The third kappa shape index (κ3) is 6.23. The van der Waals surface area contributed by atoms with E-state index in [4.69, 9.17) is 18.9 Å². The van der Waals surface area contributed by atoms with E-state index in [0.29, 0.717) is 12.3 Å². The maximum atomic E-state index is 13.0. The van der Waals surface area contributed by atoms with Gasteiger partial charge in [0.25, 0.3) is 0 Å². The number of hydrogen-bond donors (Lipinski definition) is 8. The van der Waals surface area contributed by atoms with Crippen LogP contribution in [-0.4, -0.2) is 128 Å². The monoisotopic (exact) mass is 780 g/mol. The van der Waals surface area contributed by atoms with E-state index in [1.165, 1.54) is 5.57 Å². The van der Waals surface area contributed by atoms with Crippen LogP contribution < -0.4 is 0 Å². The Labute approximate surface area is 325 Å². The standard InChI is InChI=1S/C42H68O13/c1-37(2)14-16-42(36(50)51)17-15-40(6)21(22(42)18-37)8-9-26-39(5)12-11-27(38(3,4)25(39)10-13-41(26,40)7)54-34-32(49)30(47)33(24(20-44)53-34)55-35-31(48)29(46)28(45)23(19-43)52-35/h8,22-35,43-49H,9-20H2,1-7H3,(H,50,51)/t22-,23-,24-,25+,26-,27+,28+,29+,30-,31-,32-,33-,34+,35+,39+,40-,41-,42+/m1/s1. The van der Waals surface area contributed by atoms with E-state index in [0.717, 1.165) is 57.8 Å². The van der Waals surface area contributed by atoms with Crippen LogP contribution in [0.1, 0.15) is 113 Å². The highest BCUT2D eigenvalue weighted by Gasteiger charge is 2.69. The summed E-state index contributed by atoms with van der Waals surface area (Å²) in [5.74, 6) is 0.0886. The molecule has 7 rings (SSSR count). The second kappa shape index (κ2) is 14.2. The van der Waals surface area contributed by atoms with Crippen molar-refractivity contribution in [1.29, 1.82) is 0 Å². The lowest BCUT2D eigenvalue weighted by Crippen LogP contribution is -2.66. The molecule has 4 saturated carbocycles. The van der Waals surface area contributed by atoms with E-state index < -0.39 is 86.0 Å². The molecule has 0 aromatic heterocycles. The minimum atomic E-state index is -1.74. The second-order valence-corrected chi connectivity index (χ2v) is 20.7. The average molecular weight is 781 g/mol. The fourth-order valence-corrected chi connectivity index (χ4v) is 13.7. The lowest BCUT2D eigenvalue weighted by atomic mass is 9.33. The quantitative estimate of drug-likeness (QED) is 0.138. The molecule has 0 radical (unpaired) electrons. The topological polar surface area (TPSA) is 216 Å². The minimum absolute atomic E-state index is 0.00451. The van der Waals surface area contributed by atoms with Crippen LogP contribution in [0.3, 0.4) is 0 Å². The van der Waals surface area contributed by atoms with Gasteiger partial charge in [-0.2, -0.15) is 0 Å². The number of carboxylic acids is 1. The Bertz CT molecular complexity index is 1480. The summed E-state index contributed by atoms with van der Waals surface area (Å²) in [5.41, 5.74) is 0.344. The molecule has 7 aliphatic rings. The van der Waals surface area contributed by atoms with Crippen molar-refractivity contribution in [3.63, 3.8) is 0 Å². The number of aliphatic carboxylic acids is 1. The molecular formula is C42H68O13. The number of allylic oxidation sites excluding steroid dienone is 2. The Kier molecular flexibility index (Phi) is 10.8. The van der Waals surface area contributed by atoms with Gasteiger partial charge in [0.15, 0.2) is 12.6 Å². The SMILES string of the molecule is CC1(C)CC[C@]2(C(=O)O)CC[C@]3(C)C(=CC[C@@H]4[C@@]5(C)CC[C@H](O[C@@H]6O[C@H](CO)[C@@H](O[C@@H]7O[C@H](CO)[C@H](O)[C@H](O)[C@H]7O)[C@H](O)[C@H]6O)C(C)(C)[C@@H]5CC[C@]43C)[C@H]2C1. The highest BCUT2D eigenvalue weighted by Crippen LogP contribution is 2.76. The number of rotatable bonds is 7. The third-order valence-corrected chi connectivity index (χ3v) is 17.3. The maximum absolute atomic E-state index is 13.0. The van der Waals surface area contributed by atoms with Crippen molar-refractivity contribution in [2.75, 3.05) is 13.2 Å². The van der Waals surface area contributed by atoms with Crippen molar-refractivity contribution >= 4 is 5.97 Å². The number of aliphatic hydroxyl groups excluding tert-OH is 7. The molecule has 2 saturated heterocycles. The van der Waals surface area contributed by atoms with Gasteiger partial charge in [0.1, 0.15) is 48.8 Å². The molecule has 2 aliphatic heterocycles. The zero-order valence-electron chi connectivity index (χ0n) is 33.8. The second-order valence-electron chi connectivity index (χ2n) is 20.7. The summed E-state index contributed by atoms with van der Waals surface area (Å²) >= 11 is 0. The molecule has 0 aromatic rings. The van der Waals surface area contributed by atoms with Gasteiger partial charge in [-0.3, -0.25) is 4.79 Å². The zero-order valence-corrected chi connectivity index (χ0v) is 33.8. The van der Waals surface area contributed by atoms with Crippen LogP contribution in [0, 0.1) is 50.2 Å². The Balaban J connectivity index is 1.08. The van der Waals surface area contributed by atoms with Gasteiger partial charge in [-0.15, -0.1) is 0 Å². The molecule has 0 aromatic carbocycles. The fraction of sp³-hybridized carbons (Fsp3) is 0.929. The number of aliphatic hydroxyl groups is 7.